The number of ether oxygens (including phenoxy) is 3. The van der Waals surface area contributed by atoms with E-state index in [9.17, 15) is 14.4 Å². The van der Waals surface area contributed by atoms with Gasteiger partial charge in [-0.25, -0.2) is 0 Å². The molecular weight excluding hydrogens is 803 g/mol. The monoisotopic (exact) mass is 884 g/mol. The molecule has 0 aromatic heterocycles. The first-order chi connectivity index (χ1) is 24.5. The quantitative estimate of drug-likeness (QED) is 0.0272. The van der Waals surface area contributed by atoms with Crippen LogP contribution in [0.4, 0.5) is 0 Å². The fourth-order valence-corrected chi connectivity index (χ4v) is 55.0. The van der Waals surface area contributed by atoms with E-state index in [4.69, 9.17) is 14.2 Å². The summed E-state index contributed by atoms with van der Waals surface area (Å²) in [7, 11) is 5.29. The van der Waals surface area contributed by atoms with Gasteiger partial charge in [0.1, 0.15) is 0 Å². The van der Waals surface area contributed by atoms with E-state index in [1.54, 1.807) is 26.8 Å². The van der Waals surface area contributed by atoms with E-state index in [1.165, 1.54) is 25.7 Å². The molecule has 0 aliphatic carbocycles. The summed E-state index contributed by atoms with van der Waals surface area (Å²) in [5.74, 6) is 0.621. The summed E-state index contributed by atoms with van der Waals surface area (Å²) >= 11 is -3.68. The van der Waals surface area contributed by atoms with E-state index in [2.05, 4.69) is 48.5 Å². The van der Waals surface area contributed by atoms with Crippen molar-refractivity contribution in [2.24, 2.45) is 17.8 Å². The van der Waals surface area contributed by atoms with Gasteiger partial charge in [0.05, 0.1) is 0 Å². The van der Waals surface area contributed by atoms with Crippen LogP contribution in [-0.4, -0.2) is 67.7 Å². The molecule has 0 fully saturated rings. The second-order valence-electron chi connectivity index (χ2n) is 14.6. The van der Waals surface area contributed by atoms with E-state index < -0.39 is 14.2 Å². The molecule has 0 spiro atoms. The minimum atomic E-state index is -3.68. The zero-order valence-electron chi connectivity index (χ0n) is 34.7. The molecule has 51 heavy (non-hydrogen) atoms. The first kappa shape index (κ1) is 51.3. The van der Waals surface area contributed by atoms with Gasteiger partial charge in [0.15, 0.2) is 0 Å². The molecule has 0 aliphatic heterocycles. The Labute approximate surface area is 328 Å². The summed E-state index contributed by atoms with van der Waals surface area (Å²) in [5, 5.41) is -1.10. The van der Waals surface area contributed by atoms with E-state index in [0.29, 0.717) is 37.6 Å². The van der Waals surface area contributed by atoms with E-state index in [0.717, 1.165) is 94.3 Å². The van der Waals surface area contributed by atoms with Crippen LogP contribution in [0.25, 0.3) is 0 Å². The zero-order chi connectivity index (χ0) is 38.5. The Bertz CT molecular complexity index is 796. The number of unbranched alkanes of at least 4 members (excludes halogenated alkanes) is 8. The Hall–Kier alpha value is 0.259. The number of hydrogen-bond donors (Lipinski definition) is 0. The Morgan fingerprint density at radius 3 is 1.04 bits per heavy atom. The molecule has 0 saturated carbocycles. The van der Waals surface area contributed by atoms with E-state index in [1.807, 2.05) is 20.8 Å². The van der Waals surface area contributed by atoms with Gasteiger partial charge in [0.25, 0.3) is 0 Å². The third-order valence-electron chi connectivity index (χ3n) is 9.92. The number of hydrogen-bond acceptors (Lipinski definition) is 9. The van der Waals surface area contributed by atoms with Crippen LogP contribution in [-0.2, 0) is 28.6 Å². The van der Waals surface area contributed by atoms with Gasteiger partial charge in [0.2, 0.25) is 0 Å². The number of carbonyl (C=O) groups excluding carboxylic acids is 3. The maximum absolute atomic E-state index is 13.6. The fourth-order valence-electron chi connectivity index (χ4n) is 5.98. The molecule has 302 valence electrons. The molecule has 0 radical (unpaired) electrons. The van der Waals surface area contributed by atoms with Gasteiger partial charge in [0, 0.05) is 0 Å². The maximum atomic E-state index is 13.6. The van der Waals surface area contributed by atoms with E-state index in [-0.39, 0.29) is 33.7 Å². The van der Waals surface area contributed by atoms with Gasteiger partial charge < -0.3 is 0 Å². The average molecular weight is 884 g/mol. The van der Waals surface area contributed by atoms with Crippen molar-refractivity contribution >= 4 is 59.0 Å². The molecule has 0 saturated heterocycles. The summed E-state index contributed by atoms with van der Waals surface area (Å²) in [4.78, 5) is 40.8. The molecule has 0 heterocycles. The van der Waals surface area contributed by atoms with Crippen molar-refractivity contribution in [3.8, 4) is 0 Å². The summed E-state index contributed by atoms with van der Waals surface area (Å²) in [5.41, 5.74) is 0. The second kappa shape index (κ2) is 32.5. The second-order valence-corrected chi connectivity index (χ2v) is 48.1. The number of esters is 3. The van der Waals surface area contributed by atoms with Gasteiger partial charge >= 0.3 is 330 Å². The molecule has 0 aliphatic rings. The molecular formula is C41H80O6S3Sn. The Morgan fingerprint density at radius 2 is 0.745 bits per heavy atom. The Morgan fingerprint density at radius 1 is 0.451 bits per heavy atom. The van der Waals surface area contributed by atoms with Crippen molar-refractivity contribution in [3.05, 3.63) is 0 Å². The van der Waals surface area contributed by atoms with Crippen LogP contribution in [0.2, 0.25) is 4.44 Å². The summed E-state index contributed by atoms with van der Waals surface area (Å²) in [6.45, 7) is 22.6. The topological polar surface area (TPSA) is 78.9 Å². The molecule has 0 amide bonds. The molecule has 0 N–H and O–H groups in total. The van der Waals surface area contributed by atoms with Crippen molar-refractivity contribution in [2.45, 2.75) is 205 Å². The fraction of sp³-hybridized carbons (Fsp3) is 0.927. The van der Waals surface area contributed by atoms with Gasteiger partial charge in [-0.05, 0) is 0 Å². The summed E-state index contributed by atoms with van der Waals surface area (Å²) in [6, 6.07) is 0. The predicted molar refractivity (Wildman–Crippen MR) is 228 cm³/mol. The molecule has 0 aromatic carbocycles. The number of carbonyl (C=O) groups is 3. The van der Waals surface area contributed by atoms with E-state index >= 15 is 0 Å². The first-order valence-corrected chi connectivity index (χ1v) is 36.1. The Kier molecular flexibility index (Phi) is 32.7. The molecule has 0 rings (SSSR count). The summed E-state index contributed by atoms with van der Waals surface area (Å²) in [6.07, 6.45) is 20.1. The van der Waals surface area contributed by atoms with Gasteiger partial charge in [-0.3, -0.25) is 0 Å². The van der Waals surface area contributed by atoms with Crippen LogP contribution in [0, 0.1) is 17.8 Å². The minimum absolute atomic E-state index is 0.172. The van der Waals surface area contributed by atoms with Crippen molar-refractivity contribution in [3.63, 3.8) is 0 Å². The standard InChI is InChI=1S/3C11H22O2S.C8H17.Sn/c3*1-4-6-7-10(5-2)8-13-11(12)9(3)14;1-3-5-7-8-6-4-2;/h3*9-10,14H,4-8H2,1-3H3;1,3-8H2,2H3;/q;;;;+3/p-3. The molecule has 10 heteroatoms. The van der Waals surface area contributed by atoms with Crippen LogP contribution in [0.3, 0.4) is 0 Å². The third kappa shape index (κ3) is 24.4. The molecule has 0 bridgehead atoms. The SMILES string of the molecule is CCCCCCC[CH2][Sn]([S]C(C)C(=O)OCC(CC)CCCC)([S]C(C)C(=O)OCC(CC)CCCC)[S]C(C)C(=O)OCC(CC)CCCC. The van der Waals surface area contributed by atoms with Gasteiger partial charge in [-0.1, -0.05) is 0 Å². The van der Waals surface area contributed by atoms with Crippen LogP contribution in [0.5, 0.6) is 0 Å². The van der Waals surface area contributed by atoms with Crippen molar-refractivity contribution < 1.29 is 28.6 Å². The summed E-state index contributed by atoms with van der Waals surface area (Å²) < 4.78 is 18.9. The molecule has 6 atom stereocenters. The van der Waals surface area contributed by atoms with Crippen LogP contribution >= 0.6 is 26.8 Å². The normalized spacial score (nSPS) is 16.4. The van der Waals surface area contributed by atoms with Gasteiger partial charge in [-0.15, -0.1) is 0 Å². The predicted octanol–water partition coefficient (Wildman–Crippen LogP) is 12.9. The molecule has 6 nitrogen and oxygen atoms in total. The number of rotatable bonds is 34. The van der Waals surface area contributed by atoms with Crippen LogP contribution in [0.15, 0.2) is 0 Å². The molecule has 0 aromatic rings. The van der Waals surface area contributed by atoms with Crippen LogP contribution < -0.4 is 0 Å². The average Bonchev–Trinajstić information content (AvgIpc) is 3.12. The first-order valence-electron chi connectivity index (χ1n) is 21.0. The van der Waals surface area contributed by atoms with Crippen molar-refractivity contribution in [1.82, 2.24) is 0 Å². The Balaban J connectivity index is 6.25. The molecule has 6 unspecified atom stereocenters. The zero-order valence-corrected chi connectivity index (χ0v) is 40.0. The van der Waals surface area contributed by atoms with Gasteiger partial charge in [-0.2, -0.15) is 0 Å². The van der Waals surface area contributed by atoms with Crippen LogP contribution in [0.1, 0.15) is 185 Å². The third-order valence-corrected chi connectivity index (χ3v) is 49.4. The van der Waals surface area contributed by atoms with Crippen molar-refractivity contribution in [1.29, 1.82) is 0 Å². The van der Waals surface area contributed by atoms with Crippen molar-refractivity contribution in [2.75, 3.05) is 19.8 Å².